The average molecular weight is 619 g/mol. The van der Waals surface area contributed by atoms with Crippen LogP contribution in [-0.2, 0) is 31.8 Å². The molecule has 0 spiro atoms. The molecule has 0 aliphatic heterocycles. The highest BCUT2D eigenvalue weighted by Gasteiger charge is 2.31. The second-order valence-corrected chi connectivity index (χ2v) is 10.9. The van der Waals surface area contributed by atoms with Crippen molar-refractivity contribution in [3.8, 4) is 5.75 Å². The Labute approximate surface area is 251 Å². The van der Waals surface area contributed by atoms with Gasteiger partial charge in [0.1, 0.15) is 40.8 Å². The molecule has 11 nitrogen and oxygen atoms in total. The molecule has 44 heavy (non-hydrogen) atoms. The second-order valence-electron chi connectivity index (χ2n) is 10.9. The van der Waals surface area contributed by atoms with E-state index in [1.54, 1.807) is 64.3 Å². The summed E-state index contributed by atoms with van der Waals surface area (Å²) in [5.74, 6) is 0.341. The van der Waals surface area contributed by atoms with Crippen LogP contribution >= 0.6 is 0 Å². The Morgan fingerprint density at radius 2 is 1.86 bits per heavy atom. The smallest absolute Gasteiger partial charge is 0.416 e. The molecule has 0 saturated heterocycles. The van der Waals surface area contributed by atoms with Crippen LogP contribution in [0, 0.1) is 5.92 Å². The zero-order valence-electron chi connectivity index (χ0n) is 24.6. The maximum atomic E-state index is 13.1. The standard InChI is InChI=1S/C30H33F3N4O7/c1-29(2,3)44-28(39)34-25(27(38)41-17-20-7-10-22(40-4)11-8-20)15-19-5-12-23(13-6-19)42-18-43-37-26-16-21(30(31,32)33)9-14-24(26)35-36-37/h5,7-14,16,19,25H,6,15,17-18H2,1-4H3,(H,34,39). The summed E-state index contributed by atoms with van der Waals surface area (Å²) in [5, 5.41) is 10.1. The number of alkyl halides is 3. The predicted octanol–water partition coefficient (Wildman–Crippen LogP) is 5.35. The molecule has 3 aromatic rings. The van der Waals surface area contributed by atoms with Gasteiger partial charge in [0.05, 0.1) is 12.7 Å². The lowest BCUT2D eigenvalue weighted by atomic mass is 9.93. The molecule has 1 aliphatic rings. The van der Waals surface area contributed by atoms with E-state index in [0.29, 0.717) is 17.9 Å². The first kappa shape index (κ1) is 32.2. The summed E-state index contributed by atoms with van der Waals surface area (Å²) in [4.78, 5) is 31.7. The Morgan fingerprint density at radius 1 is 1.11 bits per heavy atom. The summed E-state index contributed by atoms with van der Waals surface area (Å²) in [6.07, 6.45) is 0.673. The predicted molar refractivity (Wildman–Crippen MR) is 151 cm³/mol. The van der Waals surface area contributed by atoms with E-state index >= 15 is 0 Å². The van der Waals surface area contributed by atoms with Crippen LogP contribution in [0.5, 0.6) is 5.75 Å². The first-order valence-corrected chi connectivity index (χ1v) is 13.7. The minimum absolute atomic E-state index is 0.00625. The van der Waals surface area contributed by atoms with Crippen LogP contribution in [0.2, 0.25) is 0 Å². The molecule has 1 N–H and O–H groups in total. The summed E-state index contributed by atoms with van der Waals surface area (Å²) in [6, 6.07) is 9.07. The molecule has 2 unspecified atom stereocenters. The van der Waals surface area contributed by atoms with Crippen molar-refractivity contribution < 1.29 is 46.5 Å². The maximum Gasteiger partial charge on any atom is 0.416 e. The number of aromatic nitrogens is 3. The zero-order valence-corrected chi connectivity index (χ0v) is 24.6. The van der Waals surface area contributed by atoms with E-state index in [9.17, 15) is 22.8 Å². The van der Waals surface area contributed by atoms with Crippen molar-refractivity contribution in [2.24, 2.45) is 5.92 Å². The molecule has 14 heteroatoms. The van der Waals surface area contributed by atoms with E-state index in [1.165, 1.54) is 6.07 Å². The SMILES string of the molecule is COc1ccc(COC(=O)C(CC2C=CC(OCOn3nnc4ccc(C(F)(F)F)cc43)=CC2)NC(=O)OC(C)(C)C)cc1. The number of allylic oxidation sites excluding steroid dienone is 3. The molecule has 1 aliphatic carbocycles. The molecule has 0 saturated carbocycles. The van der Waals surface area contributed by atoms with Crippen LogP contribution < -0.4 is 14.9 Å². The first-order valence-electron chi connectivity index (χ1n) is 13.7. The quantitative estimate of drug-likeness (QED) is 0.224. The van der Waals surface area contributed by atoms with Crippen LogP contribution in [-0.4, -0.2) is 52.8 Å². The number of rotatable bonds is 11. The molecule has 4 rings (SSSR count). The Kier molecular flexibility index (Phi) is 10.0. The molecule has 0 radical (unpaired) electrons. The van der Waals surface area contributed by atoms with Gasteiger partial charge in [0.15, 0.2) is 0 Å². The van der Waals surface area contributed by atoms with Gasteiger partial charge < -0.3 is 29.1 Å². The van der Waals surface area contributed by atoms with Gasteiger partial charge in [-0.3, -0.25) is 0 Å². The Morgan fingerprint density at radius 3 is 2.50 bits per heavy atom. The number of nitrogens with zero attached hydrogens (tertiary/aromatic N) is 3. The Bertz CT molecular complexity index is 1510. The van der Waals surface area contributed by atoms with E-state index < -0.39 is 35.4 Å². The van der Waals surface area contributed by atoms with Gasteiger partial charge in [0, 0.05) is 0 Å². The van der Waals surface area contributed by atoms with Crippen LogP contribution in [0.3, 0.4) is 0 Å². The number of methoxy groups -OCH3 is 1. The number of carbonyl (C=O) groups excluding carboxylic acids is 2. The van der Waals surface area contributed by atoms with Gasteiger partial charge in [-0.05, 0) is 92.8 Å². The highest BCUT2D eigenvalue weighted by molar-refractivity contribution is 5.81. The number of halogens is 3. The maximum absolute atomic E-state index is 13.1. The zero-order chi connectivity index (χ0) is 31.9. The summed E-state index contributed by atoms with van der Waals surface area (Å²) in [5.41, 5.74) is -0.595. The molecular formula is C30H33F3N4O7. The third kappa shape index (κ3) is 9.12. The van der Waals surface area contributed by atoms with Crippen molar-refractivity contribution in [1.29, 1.82) is 0 Å². The molecular weight excluding hydrogens is 585 g/mol. The number of amides is 1. The molecule has 1 heterocycles. The fourth-order valence-electron chi connectivity index (χ4n) is 4.18. The molecule has 2 aromatic carbocycles. The van der Waals surface area contributed by atoms with Crippen LogP contribution in [0.4, 0.5) is 18.0 Å². The summed E-state index contributed by atoms with van der Waals surface area (Å²) in [7, 11) is 1.55. The van der Waals surface area contributed by atoms with Crippen LogP contribution in [0.15, 0.2) is 66.5 Å². The lowest BCUT2D eigenvalue weighted by molar-refractivity contribution is -0.148. The van der Waals surface area contributed by atoms with Gasteiger partial charge in [-0.2, -0.15) is 13.2 Å². The van der Waals surface area contributed by atoms with E-state index in [4.69, 9.17) is 23.8 Å². The van der Waals surface area contributed by atoms with Crippen LogP contribution in [0.1, 0.15) is 44.7 Å². The highest BCUT2D eigenvalue weighted by Crippen LogP contribution is 2.31. The van der Waals surface area contributed by atoms with Gasteiger partial charge in [0.2, 0.25) is 0 Å². The molecule has 2 atom stereocenters. The number of alkyl carbamates (subject to hydrolysis) is 1. The first-order chi connectivity index (χ1) is 20.8. The lowest BCUT2D eigenvalue weighted by Crippen LogP contribution is -2.45. The number of ether oxygens (including phenoxy) is 4. The minimum atomic E-state index is -4.53. The number of fused-ring (bicyclic) bond motifs is 1. The molecule has 0 fully saturated rings. The number of esters is 1. The molecule has 0 bridgehead atoms. The summed E-state index contributed by atoms with van der Waals surface area (Å²) >= 11 is 0. The van der Waals surface area contributed by atoms with Gasteiger partial charge in [0.25, 0.3) is 6.79 Å². The molecule has 1 amide bonds. The third-order valence-corrected chi connectivity index (χ3v) is 6.35. The molecule has 1 aromatic heterocycles. The van der Waals surface area contributed by atoms with Gasteiger partial charge in [-0.15, -0.1) is 5.10 Å². The minimum Gasteiger partial charge on any atom is -0.497 e. The normalized spacial score (nSPS) is 15.7. The van der Waals surface area contributed by atoms with E-state index in [0.717, 1.165) is 22.5 Å². The number of hydrogen-bond acceptors (Lipinski definition) is 9. The van der Waals surface area contributed by atoms with Crippen molar-refractivity contribution in [2.75, 3.05) is 13.9 Å². The molecule has 236 valence electrons. The fraction of sp³-hybridized carbons (Fsp3) is 0.400. The van der Waals surface area contributed by atoms with Crippen molar-refractivity contribution in [3.63, 3.8) is 0 Å². The third-order valence-electron chi connectivity index (χ3n) is 6.35. The summed E-state index contributed by atoms with van der Waals surface area (Å²) in [6.45, 7) is 4.81. The average Bonchev–Trinajstić information content (AvgIpc) is 3.37. The van der Waals surface area contributed by atoms with E-state index in [1.807, 2.05) is 6.08 Å². The van der Waals surface area contributed by atoms with Crippen molar-refractivity contribution >= 4 is 23.1 Å². The van der Waals surface area contributed by atoms with Gasteiger partial charge in [-0.1, -0.05) is 23.1 Å². The number of nitrogens with one attached hydrogen (secondary N) is 1. The lowest BCUT2D eigenvalue weighted by Gasteiger charge is -2.25. The Balaban J connectivity index is 1.32. The van der Waals surface area contributed by atoms with Crippen LogP contribution in [0.25, 0.3) is 11.0 Å². The monoisotopic (exact) mass is 618 g/mol. The second kappa shape index (κ2) is 13.7. The van der Waals surface area contributed by atoms with Crippen molar-refractivity contribution in [1.82, 2.24) is 20.5 Å². The van der Waals surface area contributed by atoms with Crippen molar-refractivity contribution in [3.05, 3.63) is 77.6 Å². The summed E-state index contributed by atoms with van der Waals surface area (Å²) < 4.78 is 60.8. The number of benzene rings is 2. The van der Waals surface area contributed by atoms with Gasteiger partial charge in [-0.25, -0.2) is 9.59 Å². The fourth-order valence-corrected chi connectivity index (χ4v) is 4.18. The van der Waals surface area contributed by atoms with E-state index in [-0.39, 0.29) is 36.8 Å². The van der Waals surface area contributed by atoms with Gasteiger partial charge >= 0.3 is 18.2 Å². The topological polar surface area (TPSA) is 123 Å². The Hall–Kier alpha value is -4.75. The van der Waals surface area contributed by atoms with E-state index in [2.05, 4.69) is 15.6 Å². The largest absolute Gasteiger partial charge is 0.497 e. The number of carbonyl (C=O) groups is 2. The van der Waals surface area contributed by atoms with Crippen molar-refractivity contribution in [2.45, 2.75) is 58.0 Å². The highest BCUT2D eigenvalue weighted by atomic mass is 19.4. The number of hydrogen-bond donors (Lipinski definition) is 1.